The normalized spacial score (nSPS) is 2.29. The summed E-state index contributed by atoms with van der Waals surface area (Å²) in [5.41, 5.74) is 0. The van der Waals surface area contributed by atoms with Crippen molar-refractivity contribution in [1.82, 2.24) is 0 Å². The molecule has 0 heterocycles. The first-order valence-electron chi connectivity index (χ1n) is 1.71. The molecule has 0 aliphatic rings. The minimum Gasteiger partial charge on any atom is -0.753 e. The Hall–Kier alpha value is 0.447. The molecule has 0 aromatic heterocycles. The molecule has 0 aromatic carbocycles. The molecule has 0 fully saturated rings. The van der Waals surface area contributed by atoms with E-state index in [2.05, 4.69) is 48.9 Å². The predicted octanol–water partition coefficient (Wildman–Crippen LogP) is 2.63. The minimum atomic E-state index is 0. The molecular weight excluding hydrogens is 363 g/mol. The van der Waals surface area contributed by atoms with Gasteiger partial charge in [0, 0.05) is 0 Å². The molecule has 0 saturated carbocycles. The molecule has 10 heteroatoms. The summed E-state index contributed by atoms with van der Waals surface area (Å²) in [6.07, 6.45) is 0. The second-order valence-corrected chi connectivity index (χ2v) is 1.10. The second-order valence-electron chi connectivity index (χ2n) is 0.365. The molecule has 0 radical (unpaired) electrons. The number of hydrogen-bond acceptors (Lipinski definition) is 4. The summed E-state index contributed by atoms with van der Waals surface area (Å²) in [4.78, 5) is 0. The molecule has 0 spiro atoms. The predicted molar refractivity (Wildman–Crippen MR) is 63.8 cm³/mol. The van der Waals surface area contributed by atoms with Gasteiger partial charge in [0.15, 0.2) is 0 Å². The molecule has 0 N–H and O–H groups in total. The molecule has 0 amide bonds. The topological polar surface area (TPSA) is 89.2 Å². The molecule has 0 bridgehead atoms. The van der Waals surface area contributed by atoms with Crippen LogP contribution >= 0.6 is 48.9 Å². The van der Waals surface area contributed by atoms with Gasteiger partial charge >= 0.3 is 39.0 Å². The van der Waals surface area contributed by atoms with E-state index in [1.54, 1.807) is 0 Å². The Morgan fingerprint density at radius 1 is 0.500 bits per heavy atom. The number of nitrogens with zero attached hydrogens (tertiary/aromatic N) is 4. The Kier molecular flexibility index (Phi) is 276. The zero-order valence-electron chi connectivity index (χ0n) is 6.84. The van der Waals surface area contributed by atoms with Crippen molar-refractivity contribution in [1.29, 1.82) is 0 Å². The van der Waals surface area contributed by atoms with Gasteiger partial charge in [0.1, 0.15) is 0 Å². The number of thiocarbonyl (C=S) groups is 4. The Morgan fingerprint density at radius 3 is 0.500 bits per heavy atom. The van der Waals surface area contributed by atoms with Crippen LogP contribution in [0.4, 0.5) is 0 Å². The molecule has 0 unspecified atom stereocenters. The molecule has 14 heavy (non-hydrogen) atoms. The fourth-order valence-corrected chi connectivity index (χ4v) is 0. The van der Waals surface area contributed by atoms with Crippen molar-refractivity contribution in [3.05, 3.63) is 21.6 Å². The van der Waals surface area contributed by atoms with Crippen molar-refractivity contribution < 1.29 is 39.0 Å². The molecular formula is C4N4S4Zn2. The van der Waals surface area contributed by atoms with E-state index >= 15 is 0 Å². The summed E-state index contributed by atoms with van der Waals surface area (Å²) in [5.74, 6) is 0. The maximum Gasteiger partial charge on any atom is 2.00 e. The van der Waals surface area contributed by atoms with Crippen molar-refractivity contribution in [3.8, 4) is 0 Å². The summed E-state index contributed by atoms with van der Waals surface area (Å²) >= 11 is 14.8. The first-order valence-corrected chi connectivity index (χ1v) is 3.34. The molecule has 0 aromatic rings. The summed E-state index contributed by atoms with van der Waals surface area (Å²) in [6, 6.07) is 0. The van der Waals surface area contributed by atoms with Crippen LogP contribution in [0.2, 0.25) is 0 Å². The van der Waals surface area contributed by atoms with Crippen molar-refractivity contribution in [3.63, 3.8) is 0 Å². The van der Waals surface area contributed by atoms with E-state index in [1.807, 2.05) is 0 Å². The Bertz CT molecular complexity index is 159. The van der Waals surface area contributed by atoms with Crippen LogP contribution < -0.4 is 0 Å². The number of hydrogen-bond donors (Lipinski definition) is 0. The quantitative estimate of drug-likeness (QED) is 0.376. The van der Waals surface area contributed by atoms with Crippen LogP contribution in [0.15, 0.2) is 0 Å². The van der Waals surface area contributed by atoms with E-state index < -0.39 is 0 Å². The third kappa shape index (κ3) is 8170. The van der Waals surface area contributed by atoms with E-state index in [1.165, 1.54) is 20.6 Å². The van der Waals surface area contributed by atoms with Gasteiger partial charge in [-0.2, -0.15) is 20.6 Å². The number of rotatable bonds is 0. The van der Waals surface area contributed by atoms with Gasteiger partial charge in [-0.15, -0.1) is 0 Å². The number of isothiocyanates is 4. The van der Waals surface area contributed by atoms with Crippen LogP contribution in [0.1, 0.15) is 0 Å². The summed E-state index contributed by atoms with van der Waals surface area (Å²) in [5, 5.41) is 33.9. The maximum atomic E-state index is 7.13. The van der Waals surface area contributed by atoms with Gasteiger partial charge in [0.05, 0.1) is 0 Å². The third-order valence-corrected chi connectivity index (χ3v) is 0. The van der Waals surface area contributed by atoms with Crippen LogP contribution in [0.25, 0.3) is 21.6 Å². The average molecular weight is 363 g/mol. The smallest absolute Gasteiger partial charge is 0.753 e. The van der Waals surface area contributed by atoms with Gasteiger partial charge < -0.3 is 21.6 Å². The third-order valence-electron chi connectivity index (χ3n) is 0. The molecule has 0 aliphatic heterocycles. The summed E-state index contributed by atoms with van der Waals surface area (Å²) in [6.45, 7) is 0. The van der Waals surface area contributed by atoms with Crippen molar-refractivity contribution >= 4 is 69.5 Å². The summed E-state index contributed by atoms with van der Waals surface area (Å²) in [7, 11) is 0. The Labute approximate surface area is 129 Å². The minimum absolute atomic E-state index is 0. The zero-order chi connectivity index (χ0) is 10.8. The molecule has 0 saturated heterocycles. The average Bonchev–Trinajstić information content (AvgIpc) is 1.92. The van der Waals surface area contributed by atoms with Crippen LogP contribution in [-0.4, -0.2) is 20.6 Å². The first-order chi connectivity index (χ1) is 5.66. The maximum absolute atomic E-state index is 7.13. The van der Waals surface area contributed by atoms with Gasteiger partial charge in [-0.1, -0.05) is 48.9 Å². The van der Waals surface area contributed by atoms with E-state index in [0.717, 1.165) is 0 Å². The van der Waals surface area contributed by atoms with Gasteiger partial charge in [-0.05, 0) is 0 Å². The molecule has 0 rings (SSSR count). The fraction of sp³-hybridized carbons (Fsp3) is 0. The first kappa shape index (κ1) is 36.6. The molecule has 64 valence electrons. The fourth-order valence-electron chi connectivity index (χ4n) is 0. The Balaban J connectivity index is -0.0000000145. The van der Waals surface area contributed by atoms with Crippen LogP contribution in [-0.2, 0) is 39.0 Å². The summed E-state index contributed by atoms with van der Waals surface area (Å²) < 4.78 is 0. The van der Waals surface area contributed by atoms with Gasteiger partial charge in [0.2, 0.25) is 0 Å². The SMILES string of the molecule is [N-]=C=S.[N-]=C=S.[N-]=C=S.[N-]=C=S.[Zn+2].[Zn+2]. The van der Waals surface area contributed by atoms with Crippen molar-refractivity contribution in [2.75, 3.05) is 0 Å². The largest absolute Gasteiger partial charge is 2.00 e. The van der Waals surface area contributed by atoms with Gasteiger partial charge in [-0.25, -0.2) is 0 Å². The molecule has 4 nitrogen and oxygen atoms in total. The second kappa shape index (κ2) is 105. The monoisotopic (exact) mass is 360 g/mol. The van der Waals surface area contributed by atoms with E-state index in [0.29, 0.717) is 0 Å². The van der Waals surface area contributed by atoms with Crippen LogP contribution in [0, 0.1) is 0 Å². The zero-order valence-corrected chi connectivity index (χ0v) is 16.0. The van der Waals surface area contributed by atoms with E-state index in [4.69, 9.17) is 21.6 Å². The van der Waals surface area contributed by atoms with E-state index in [-0.39, 0.29) is 39.0 Å². The van der Waals surface area contributed by atoms with Gasteiger partial charge in [-0.3, -0.25) is 0 Å². The Morgan fingerprint density at radius 2 is 0.500 bits per heavy atom. The van der Waals surface area contributed by atoms with Crippen LogP contribution in [0.5, 0.6) is 0 Å². The van der Waals surface area contributed by atoms with Crippen LogP contribution in [0.3, 0.4) is 0 Å². The molecule has 0 aliphatic carbocycles. The van der Waals surface area contributed by atoms with Gasteiger partial charge in [0.25, 0.3) is 0 Å². The van der Waals surface area contributed by atoms with E-state index in [9.17, 15) is 0 Å². The molecule has 0 atom stereocenters. The standard InChI is InChI=1S/4CNS.2Zn/c4*2-1-3;;/q4*-1;2*+2. The van der Waals surface area contributed by atoms with Crippen molar-refractivity contribution in [2.45, 2.75) is 0 Å². The van der Waals surface area contributed by atoms with Crippen molar-refractivity contribution in [2.24, 2.45) is 0 Å².